The van der Waals surface area contributed by atoms with Crippen LogP contribution in [0.2, 0.25) is 0 Å². The lowest BCUT2D eigenvalue weighted by Crippen LogP contribution is -2.33. The summed E-state index contributed by atoms with van der Waals surface area (Å²) in [4.78, 5) is 52.6. The monoisotopic (exact) mass is 591 g/mol. The summed E-state index contributed by atoms with van der Waals surface area (Å²) in [5.41, 5.74) is 8.89. The van der Waals surface area contributed by atoms with Gasteiger partial charge in [-0.2, -0.15) is 4.99 Å². The zero-order valence-corrected chi connectivity index (χ0v) is 25.4. The second kappa shape index (κ2) is 17.8. The van der Waals surface area contributed by atoms with E-state index in [1.165, 1.54) is 52.1 Å². The molecule has 2 atom stereocenters. The van der Waals surface area contributed by atoms with Gasteiger partial charge in [0.25, 0.3) is 0 Å². The molecule has 2 aromatic carbocycles. The van der Waals surface area contributed by atoms with Gasteiger partial charge in [0.2, 0.25) is 5.91 Å². The summed E-state index contributed by atoms with van der Waals surface area (Å²) in [5, 5.41) is 2.69. The molecule has 3 N–H and O–H groups in total. The fourth-order valence-corrected chi connectivity index (χ4v) is 5.18. The molecule has 1 saturated heterocycles. The van der Waals surface area contributed by atoms with Crippen LogP contribution in [0.25, 0.3) is 11.1 Å². The van der Waals surface area contributed by atoms with Crippen LogP contribution in [-0.4, -0.2) is 49.3 Å². The summed E-state index contributed by atoms with van der Waals surface area (Å²) in [7, 11) is 1.27. The predicted octanol–water partition coefficient (Wildman–Crippen LogP) is 6.37. The Morgan fingerprint density at radius 1 is 0.837 bits per heavy atom. The van der Waals surface area contributed by atoms with Crippen molar-refractivity contribution in [2.24, 2.45) is 16.6 Å². The molecule has 9 heteroatoms. The Kier molecular flexibility index (Phi) is 13.9. The van der Waals surface area contributed by atoms with Gasteiger partial charge in [0.05, 0.1) is 32.1 Å². The Hall–Kier alpha value is -4.01. The number of nitrogens with two attached hydrogens (primary N) is 1. The first-order valence-corrected chi connectivity index (χ1v) is 15.5. The van der Waals surface area contributed by atoms with Crippen molar-refractivity contribution in [2.45, 2.75) is 90.0 Å². The van der Waals surface area contributed by atoms with Crippen molar-refractivity contribution in [3.63, 3.8) is 0 Å². The van der Waals surface area contributed by atoms with Crippen molar-refractivity contribution >= 4 is 29.6 Å². The summed E-state index contributed by atoms with van der Waals surface area (Å²) in [5.74, 6) is -1.47. The minimum absolute atomic E-state index is 0.0448. The molecule has 232 valence electrons. The van der Waals surface area contributed by atoms with E-state index in [0.29, 0.717) is 17.7 Å². The number of amidine groups is 1. The molecule has 0 unspecified atom stereocenters. The van der Waals surface area contributed by atoms with E-state index in [9.17, 15) is 19.2 Å². The fraction of sp³-hybridized carbons (Fsp3) is 0.500. The van der Waals surface area contributed by atoms with Crippen LogP contribution in [-0.2, 0) is 19.1 Å². The van der Waals surface area contributed by atoms with E-state index >= 15 is 0 Å². The van der Waals surface area contributed by atoms with E-state index < -0.39 is 24.0 Å². The van der Waals surface area contributed by atoms with Gasteiger partial charge in [0.15, 0.2) is 5.78 Å². The number of methoxy groups -OCH3 is 1. The summed E-state index contributed by atoms with van der Waals surface area (Å²) in [6.45, 7) is 2.57. The zero-order chi connectivity index (χ0) is 31.0. The maximum atomic E-state index is 12.9. The van der Waals surface area contributed by atoms with Crippen LogP contribution in [0.3, 0.4) is 0 Å². The van der Waals surface area contributed by atoms with Crippen molar-refractivity contribution in [3.8, 4) is 11.1 Å². The van der Waals surface area contributed by atoms with Crippen LogP contribution in [0.5, 0.6) is 0 Å². The van der Waals surface area contributed by atoms with Gasteiger partial charge < -0.3 is 20.5 Å². The number of unbranched alkanes of at least 4 members (excludes halogenated alkanes) is 9. The fourth-order valence-electron chi connectivity index (χ4n) is 5.18. The van der Waals surface area contributed by atoms with Crippen LogP contribution < -0.4 is 11.1 Å². The highest BCUT2D eigenvalue weighted by atomic mass is 16.5. The highest BCUT2D eigenvalue weighted by molar-refractivity contribution is 6.05. The van der Waals surface area contributed by atoms with Gasteiger partial charge >= 0.3 is 12.1 Å². The molecule has 1 aliphatic rings. The first-order valence-electron chi connectivity index (χ1n) is 15.5. The zero-order valence-electron chi connectivity index (χ0n) is 25.4. The van der Waals surface area contributed by atoms with E-state index in [1.54, 1.807) is 24.3 Å². The molecule has 0 aromatic heterocycles. The average molecular weight is 592 g/mol. The molecule has 9 nitrogen and oxygen atoms in total. The van der Waals surface area contributed by atoms with E-state index in [1.807, 2.05) is 24.3 Å². The molecule has 1 heterocycles. The Balaban J connectivity index is 1.42. The Morgan fingerprint density at radius 3 is 1.93 bits per heavy atom. The maximum absolute atomic E-state index is 12.9. The molecule has 2 aromatic rings. The largest absolute Gasteiger partial charge is 0.469 e. The molecule has 0 aliphatic carbocycles. The van der Waals surface area contributed by atoms with Gasteiger partial charge in [0.1, 0.15) is 5.84 Å². The van der Waals surface area contributed by atoms with Crippen LogP contribution in [0.1, 0.15) is 99.9 Å². The minimum atomic E-state index is -0.687. The summed E-state index contributed by atoms with van der Waals surface area (Å²) >= 11 is 0. The lowest BCUT2D eigenvalue weighted by molar-refractivity contribution is -0.143. The minimum Gasteiger partial charge on any atom is -0.469 e. The molecular weight excluding hydrogens is 546 g/mol. The average Bonchev–Trinajstić information content (AvgIpc) is 3.38. The van der Waals surface area contributed by atoms with Crippen molar-refractivity contribution in [2.75, 3.05) is 13.7 Å². The van der Waals surface area contributed by atoms with Crippen molar-refractivity contribution in [1.29, 1.82) is 0 Å². The number of nitrogens with zero attached hydrogens (tertiary/aromatic N) is 1. The molecule has 2 amide bonds. The van der Waals surface area contributed by atoms with Gasteiger partial charge in [-0.25, -0.2) is 4.79 Å². The normalized spacial score (nSPS) is 16.5. The van der Waals surface area contributed by atoms with E-state index in [4.69, 9.17) is 10.5 Å². The van der Waals surface area contributed by atoms with Crippen molar-refractivity contribution in [3.05, 3.63) is 59.7 Å². The quantitative estimate of drug-likeness (QED) is 0.0717. The van der Waals surface area contributed by atoms with Crippen LogP contribution >= 0.6 is 0 Å². The Labute approximate surface area is 254 Å². The number of amides is 2. The lowest BCUT2D eigenvalue weighted by atomic mass is 9.95. The number of carbonyl (C=O) groups excluding carboxylic acids is 4. The number of benzene rings is 2. The molecular formula is C34H45N3O6. The molecule has 3 rings (SSSR count). The van der Waals surface area contributed by atoms with Crippen LogP contribution in [0, 0.1) is 5.92 Å². The van der Waals surface area contributed by atoms with E-state index in [2.05, 4.69) is 22.0 Å². The molecule has 0 spiro atoms. The second-order valence-corrected chi connectivity index (χ2v) is 11.1. The number of rotatable bonds is 17. The number of hydrogen-bond donors (Lipinski definition) is 2. The number of aliphatic imine (C=N–C) groups is 1. The highest BCUT2D eigenvalue weighted by Gasteiger charge is 2.37. The third-order valence-electron chi connectivity index (χ3n) is 7.78. The number of ether oxygens (including phenoxy) is 2. The van der Waals surface area contributed by atoms with Gasteiger partial charge in [-0.1, -0.05) is 113 Å². The van der Waals surface area contributed by atoms with Gasteiger partial charge in [0, 0.05) is 11.1 Å². The van der Waals surface area contributed by atoms with Crippen molar-refractivity contribution in [1.82, 2.24) is 5.32 Å². The number of ketones is 1. The van der Waals surface area contributed by atoms with E-state index in [0.717, 1.165) is 30.4 Å². The Morgan fingerprint density at radius 2 is 1.37 bits per heavy atom. The Bertz CT molecular complexity index is 1240. The third-order valence-corrected chi connectivity index (χ3v) is 7.78. The predicted molar refractivity (Wildman–Crippen MR) is 167 cm³/mol. The summed E-state index contributed by atoms with van der Waals surface area (Å²) in [6, 6.07) is 13.7. The number of hydrogen-bond acceptors (Lipinski definition) is 6. The van der Waals surface area contributed by atoms with Crippen molar-refractivity contribution < 1.29 is 28.7 Å². The summed E-state index contributed by atoms with van der Waals surface area (Å²) in [6.07, 6.45) is 11.6. The molecule has 1 fully saturated rings. The molecule has 0 radical (unpaired) electrons. The number of nitrogens with one attached hydrogen (secondary N) is 1. The third kappa shape index (κ3) is 11.0. The standard InChI is InChI=1S/C34H45N3O6/c1-3-4-5-6-7-8-9-10-11-12-21-43-34(41)37-32(35)27-19-15-25(16-20-27)24-13-17-26(18-14-24)31(39)29-22-28(33(40)36-29)23-30(38)42-2/h13-20,28-29H,3-12,21-23H2,1-2H3,(H,36,40)(H2,35,37,41)/t28-,29-/m0/s1. The van der Waals surface area contributed by atoms with Gasteiger partial charge in [-0.15, -0.1) is 0 Å². The maximum Gasteiger partial charge on any atom is 0.435 e. The SMILES string of the molecule is CCCCCCCCCCCCOC(=O)N=C(N)c1ccc(-c2ccc(C(=O)[C@@H]3C[C@@H](CC(=O)OC)C(=O)N3)cc2)cc1. The first kappa shape index (κ1) is 33.5. The topological polar surface area (TPSA) is 137 Å². The van der Waals surface area contributed by atoms with E-state index in [-0.39, 0.29) is 30.4 Å². The molecule has 0 bridgehead atoms. The molecule has 0 saturated carbocycles. The van der Waals surface area contributed by atoms with Crippen LogP contribution in [0.4, 0.5) is 4.79 Å². The first-order chi connectivity index (χ1) is 20.8. The second-order valence-electron chi connectivity index (χ2n) is 11.1. The number of esters is 1. The number of carbonyl (C=O) groups is 4. The number of Topliss-reactive ketones (excluding diaryl/α,β-unsaturated/α-hetero) is 1. The molecule has 43 heavy (non-hydrogen) atoms. The molecule has 1 aliphatic heterocycles. The summed E-state index contributed by atoms with van der Waals surface area (Å²) < 4.78 is 9.86. The lowest BCUT2D eigenvalue weighted by Gasteiger charge is -2.10. The van der Waals surface area contributed by atoms with Gasteiger partial charge in [-0.3, -0.25) is 14.4 Å². The highest BCUT2D eigenvalue weighted by Crippen LogP contribution is 2.25. The smallest absolute Gasteiger partial charge is 0.435 e. The van der Waals surface area contributed by atoms with Crippen LogP contribution in [0.15, 0.2) is 53.5 Å². The van der Waals surface area contributed by atoms with Gasteiger partial charge in [-0.05, 0) is 24.0 Å².